The van der Waals surface area contributed by atoms with Crippen molar-refractivity contribution < 1.29 is 9.59 Å². The van der Waals surface area contributed by atoms with Crippen LogP contribution in [0.4, 0.5) is 5.13 Å². The fourth-order valence-electron chi connectivity index (χ4n) is 3.62. The maximum atomic E-state index is 12.4. The summed E-state index contributed by atoms with van der Waals surface area (Å²) in [5.41, 5.74) is 0.865. The number of aromatic nitrogens is 3. The lowest BCUT2D eigenvalue weighted by molar-refractivity contribution is -0.116. The molecule has 0 bridgehead atoms. The highest BCUT2D eigenvalue weighted by Crippen LogP contribution is 2.35. The predicted molar refractivity (Wildman–Crippen MR) is 106 cm³/mol. The van der Waals surface area contributed by atoms with Crippen molar-refractivity contribution in [2.45, 2.75) is 50.9 Å². The second-order valence-corrected chi connectivity index (χ2v) is 7.98. The Labute approximate surface area is 161 Å². The van der Waals surface area contributed by atoms with E-state index in [4.69, 9.17) is 0 Å². The highest BCUT2D eigenvalue weighted by molar-refractivity contribution is 7.15. The Balaban J connectivity index is 1.32. The fourth-order valence-corrected chi connectivity index (χ4v) is 4.55. The number of para-hydroxylation sites is 1. The largest absolute Gasteiger partial charge is 0.301 e. The second-order valence-electron chi connectivity index (χ2n) is 6.97. The Morgan fingerprint density at radius 2 is 1.89 bits per heavy atom. The molecule has 6 nitrogen and oxygen atoms in total. The van der Waals surface area contributed by atoms with Gasteiger partial charge in [-0.1, -0.05) is 48.8 Å². The topological polar surface area (TPSA) is 76.9 Å². The lowest BCUT2D eigenvalue weighted by Crippen LogP contribution is -2.16. The van der Waals surface area contributed by atoms with Crippen molar-refractivity contribution in [3.8, 4) is 0 Å². The van der Waals surface area contributed by atoms with Gasteiger partial charge in [-0.05, 0) is 25.0 Å². The molecule has 1 aliphatic rings. The summed E-state index contributed by atoms with van der Waals surface area (Å²) in [6.45, 7) is 0. The number of hydrogen-bond donors (Lipinski definition) is 1. The van der Waals surface area contributed by atoms with Crippen LogP contribution in [0.3, 0.4) is 0 Å². The zero-order valence-electron chi connectivity index (χ0n) is 15.1. The molecule has 0 saturated heterocycles. The van der Waals surface area contributed by atoms with E-state index in [1.807, 2.05) is 30.3 Å². The monoisotopic (exact) mass is 382 g/mol. The molecule has 7 heteroatoms. The van der Waals surface area contributed by atoms with Gasteiger partial charge in [0.1, 0.15) is 5.01 Å². The fraction of sp³-hybridized carbons (Fsp3) is 0.400. The molecule has 0 atom stereocenters. The average Bonchev–Trinajstić information content (AvgIpc) is 3.34. The van der Waals surface area contributed by atoms with E-state index in [0.29, 0.717) is 11.0 Å². The van der Waals surface area contributed by atoms with E-state index >= 15 is 0 Å². The molecule has 140 valence electrons. The number of nitrogens with zero attached hydrogens (tertiary/aromatic N) is 3. The van der Waals surface area contributed by atoms with Gasteiger partial charge >= 0.3 is 0 Å². The average molecular weight is 382 g/mol. The minimum Gasteiger partial charge on any atom is -0.301 e. The van der Waals surface area contributed by atoms with Crippen molar-refractivity contribution >= 4 is 39.2 Å². The maximum absolute atomic E-state index is 12.4. The summed E-state index contributed by atoms with van der Waals surface area (Å²) in [6, 6.07) is 9.61. The molecule has 1 aromatic carbocycles. The molecular weight excluding hydrogens is 360 g/mol. The Hall–Kier alpha value is -2.54. The Morgan fingerprint density at radius 3 is 2.74 bits per heavy atom. The standard InChI is InChI=1S/C20H22N4O2S/c25-17(21-20-23-22-19(27-20)15-7-2-1-3-8-15)10-11-18(26)24-13-12-14-6-4-5-9-16(14)24/h4-6,9,12-13,15H,1-3,7-8,10-11H2,(H,21,23,25). The van der Waals surface area contributed by atoms with Gasteiger partial charge in [-0.3, -0.25) is 14.2 Å². The van der Waals surface area contributed by atoms with Gasteiger partial charge in [0.15, 0.2) is 0 Å². The lowest BCUT2D eigenvalue weighted by atomic mass is 9.90. The number of fused-ring (bicyclic) bond motifs is 1. The van der Waals surface area contributed by atoms with Crippen LogP contribution >= 0.6 is 11.3 Å². The van der Waals surface area contributed by atoms with Crippen molar-refractivity contribution in [2.24, 2.45) is 0 Å². The first-order valence-corrected chi connectivity index (χ1v) is 10.2. The molecule has 2 heterocycles. The van der Waals surface area contributed by atoms with Crippen LogP contribution in [0.25, 0.3) is 10.9 Å². The molecule has 4 rings (SSSR count). The summed E-state index contributed by atoms with van der Waals surface area (Å²) in [5, 5.41) is 13.7. The number of nitrogens with one attached hydrogen (secondary N) is 1. The van der Waals surface area contributed by atoms with Crippen molar-refractivity contribution in [3.05, 3.63) is 41.5 Å². The third kappa shape index (κ3) is 4.08. The van der Waals surface area contributed by atoms with Crippen molar-refractivity contribution in [2.75, 3.05) is 5.32 Å². The smallest absolute Gasteiger partial charge is 0.231 e. The third-order valence-electron chi connectivity index (χ3n) is 5.08. The summed E-state index contributed by atoms with van der Waals surface area (Å²) in [5.74, 6) is 0.183. The Bertz CT molecular complexity index is 956. The maximum Gasteiger partial charge on any atom is 0.231 e. The zero-order valence-corrected chi connectivity index (χ0v) is 15.9. The number of benzene rings is 1. The number of carbonyl (C=O) groups is 2. The first kappa shape index (κ1) is 17.9. The summed E-state index contributed by atoms with van der Waals surface area (Å²) in [4.78, 5) is 24.6. The summed E-state index contributed by atoms with van der Waals surface area (Å²) in [6.07, 6.45) is 8.12. The van der Waals surface area contributed by atoms with Crippen LogP contribution in [-0.4, -0.2) is 26.6 Å². The number of amides is 1. The number of carbonyl (C=O) groups excluding carboxylic acids is 2. The van der Waals surface area contributed by atoms with Crippen molar-refractivity contribution in [1.82, 2.24) is 14.8 Å². The third-order valence-corrected chi connectivity index (χ3v) is 6.08. The Kier molecular flexibility index (Phi) is 5.29. The first-order chi connectivity index (χ1) is 13.2. The quantitative estimate of drug-likeness (QED) is 0.700. The van der Waals surface area contributed by atoms with Crippen LogP contribution in [0.1, 0.15) is 60.7 Å². The van der Waals surface area contributed by atoms with Crippen LogP contribution in [0.2, 0.25) is 0 Å². The highest BCUT2D eigenvalue weighted by Gasteiger charge is 2.20. The molecule has 1 aliphatic carbocycles. The van der Waals surface area contributed by atoms with E-state index in [9.17, 15) is 9.59 Å². The lowest BCUT2D eigenvalue weighted by Gasteiger charge is -2.18. The van der Waals surface area contributed by atoms with Crippen molar-refractivity contribution in [3.63, 3.8) is 0 Å². The van der Waals surface area contributed by atoms with E-state index in [1.54, 1.807) is 10.8 Å². The molecule has 2 aromatic heterocycles. The van der Waals surface area contributed by atoms with E-state index in [0.717, 1.165) is 28.8 Å². The normalized spacial score (nSPS) is 15.1. The molecular formula is C20H22N4O2S. The van der Waals surface area contributed by atoms with Crippen LogP contribution in [0.5, 0.6) is 0 Å². The Morgan fingerprint density at radius 1 is 1.07 bits per heavy atom. The molecule has 0 aliphatic heterocycles. The van der Waals surface area contributed by atoms with Crippen LogP contribution in [0, 0.1) is 0 Å². The van der Waals surface area contributed by atoms with Crippen molar-refractivity contribution in [1.29, 1.82) is 0 Å². The molecule has 0 radical (unpaired) electrons. The molecule has 1 fully saturated rings. The second kappa shape index (κ2) is 8.00. The molecule has 1 saturated carbocycles. The number of anilines is 1. The molecule has 27 heavy (non-hydrogen) atoms. The van der Waals surface area contributed by atoms with E-state index in [-0.39, 0.29) is 24.7 Å². The predicted octanol–water partition coefficient (Wildman–Crippen LogP) is 4.60. The molecule has 1 amide bonds. The van der Waals surface area contributed by atoms with Gasteiger partial charge in [0.2, 0.25) is 16.9 Å². The summed E-state index contributed by atoms with van der Waals surface area (Å²) >= 11 is 1.46. The molecule has 0 unspecified atom stereocenters. The number of rotatable bonds is 5. The van der Waals surface area contributed by atoms with Gasteiger partial charge in [0.05, 0.1) is 5.52 Å². The van der Waals surface area contributed by atoms with Gasteiger partial charge in [-0.2, -0.15) is 0 Å². The van der Waals surface area contributed by atoms with Gasteiger partial charge in [0, 0.05) is 30.3 Å². The minimum absolute atomic E-state index is 0.0912. The molecule has 1 N–H and O–H groups in total. The van der Waals surface area contributed by atoms with Crippen LogP contribution in [0.15, 0.2) is 36.5 Å². The summed E-state index contributed by atoms with van der Waals surface area (Å²) in [7, 11) is 0. The minimum atomic E-state index is -0.203. The van der Waals surface area contributed by atoms with Gasteiger partial charge < -0.3 is 5.32 Å². The highest BCUT2D eigenvalue weighted by atomic mass is 32.1. The molecule has 0 spiro atoms. The SMILES string of the molecule is O=C(CCC(=O)n1ccc2ccccc21)Nc1nnc(C2CCCCC2)s1. The van der Waals surface area contributed by atoms with E-state index in [2.05, 4.69) is 15.5 Å². The van der Waals surface area contributed by atoms with Gasteiger partial charge in [0.25, 0.3) is 0 Å². The van der Waals surface area contributed by atoms with Crippen LogP contribution < -0.4 is 5.32 Å². The molecule has 3 aromatic rings. The van der Waals surface area contributed by atoms with Crippen LogP contribution in [-0.2, 0) is 4.79 Å². The number of hydrogen-bond acceptors (Lipinski definition) is 5. The first-order valence-electron chi connectivity index (χ1n) is 9.43. The van der Waals surface area contributed by atoms with Gasteiger partial charge in [-0.15, -0.1) is 10.2 Å². The summed E-state index contributed by atoms with van der Waals surface area (Å²) < 4.78 is 1.61. The van der Waals surface area contributed by atoms with E-state index < -0.39 is 0 Å². The van der Waals surface area contributed by atoms with E-state index in [1.165, 1.54) is 30.6 Å². The zero-order chi connectivity index (χ0) is 18.6. The van der Waals surface area contributed by atoms with Gasteiger partial charge in [-0.25, -0.2) is 0 Å².